The maximum atomic E-state index is 11.5. The van der Waals surface area contributed by atoms with Crippen molar-refractivity contribution in [3.63, 3.8) is 0 Å². The van der Waals surface area contributed by atoms with E-state index in [1.807, 2.05) is 7.05 Å². The van der Waals surface area contributed by atoms with Crippen molar-refractivity contribution in [2.24, 2.45) is 0 Å². The number of hydrogen-bond donors (Lipinski definition) is 3. The normalized spacial score (nSPS) is 9.93. The maximum absolute atomic E-state index is 11.5. The Morgan fingerprint density at radius 1 is 1.53 bits per heavy atom. The first kappa shape index (κ1) is 11.5. The number of aromatic hydroxyl groups is 1. The summed E-state index contributed by atoms with van der Waals surface area (Å²) in [5.41, 5.74) is 0.259. The van der Waals surface area contributed by atoms with Gasteiger partial charge >= 0.3 is 0 Å². The molecule has 1 rings (SSSR count). The molecule has 5 heteroatoms. The standard InChI is InChI=1S/C10H15N3O2/c1-11-4-2-5-13-10(15)8-3-6-12-7-9(8)14/h3,6-7,11,14H,2,4-5H2,1H3,(H,13,15). The molecule has 0 bridgehead atoms. The van der Waals surface area contributed by atoms with Gasteiger partial charge in [-0.3, -0.25) is 9.78 Å². The summed E-state index contributed by atoms with van der Waals surface area (Å²) in [4.78, 5) is 15.2. The zero-order valence-corrected chi connectivity index (χ0v) is 8.66. The van der Waals surface area contributed by atoms with E-state index >= 15 is 0 Å². The molecule has 5 nitrogen and oxygen atoms in total. The number of pyridine rings is 1. The van der Waals surface area contributed by atoms with Crippen molar-refractivity contribution in [1.82, 2.24) is 15.6 Å². The minimum atomic E-state index is -0.272. The Morgan fingerprint density at radius 2 is 2.33 bits per heavy atom. The molecule has 1 heterocycles. The lowest BCUT2D eigenvalue weighted by Gasteiger charge is -2.05. The first-order valence-corrected chi connectivity index (χ1v) is 4.81. The van der Waals surface area contributed by atoms with E-state index in [2.05, 4.69) is 15.6 Å². The van der Waals surface area contributed by atoms with Crippen LogP contribution in [-0.2, 0) is 0 Å². The van der Waals surface area contributed by atoms with Crippen LogP contribution >= 0.6 is 0 Å². The van der Waals surface area contributed by atoms with Gasteiger partial charge < -0.3 is 15.7 Å². The molecular formula is C10H15N3O2. The fourth-order valence-corrected chi connectivity index (χ4v) is 1.14. The van der Waals surface area contributed by atoms with Crippen LogP contribution in [0.5, 0.6) is 5.75 Å². The number of nitrogens with zero attached hydrogens (tertiary/aromatic N) is 1. The molecule has 1 aromatic rings. The lowest BCUT2D eigenvalue weighted by molar-refractivity contribution is 0.0950. The predicted octanol–water partition coefficient (Wildman–Crippen LogP) is 0.126. The smallest absolute Gasteiger partial charge is 0.255 e. The summed E-state index contributed by atoms with van der Waals surface area (Å²) in [6, 6.07) is 1.49. The van der Waals surface area contributed by atoms with Crippen molar-refractivity contribution in [2.75, 3.05) is 20.1 Å². The van der Waals surface area contributed by atoms with E-state index in [9.17, 15) is 9.90 Å². The number of aromatic nitrogens is 1. The highest BCUT2D eigenvalue weighted by Gasteiger charge is 2.08. The van der Waals surface area contributed by atoms with Crippen LogP contribution in [0.3, 0.4) is 0 Å². The van der Waals surface area contributed by atoms with Gasteiger partial charge in [-0.05, 0) is 26.1 Å². The Bertz CT molecular complexity index is 328. The predicted molar refractivity (Wildman–Crippen MR) is 56.8 cm³/mol. The van der Waals surface area contributed by atoms with Gasteiger partial charge in [0, 0.05) is 12.7 Å². The van der Waals surface area contributed by atoms with Crippen molar-refractivity contribution in [3.8, 4) is 5.75 Å². The molecule has 15 heavy (non-hydrogen) atoms. The van der Waals surface area contributed by atoms with E-state index in [0.29, 0.717) is 6.54 Å². The molecule has 0 atom stereocenters. The second kappa shape index (κ2) is 5.98. The van der Waals surface area contributed by atoms with E-state index in [0.717, 1.165) is 13.0 Å². The number of carbonyl (C=O) groups is 1. The van der Waals surface area contributed by atoms with Gasteiger partial charge in [0.05, 0.1) is 11.8 Å². The number of amides is 1. The highest BCUT2D eigenvalue weighted by atomic mass is 16.3. The van der Waals surface area contributed by atoms with Crippen LogP contribution in [0.25, 0.3) is 0 Å². The van der Waals surface area contributed by atoms with Gasteiger partial charge in [0.1, 0.15) is 5.75 Å². The average Bonchev–Trinajstić information content (AvgIpc) is 2.25. The van der Waals surface area contributed by atoms with Crippen LogP contribution in [0.2, 0.25) is 0 Å². The summed E-state index contributed by atoms with van der Waals surface area (Å²) in [5.74, 6) is -0.366. The Kier molecular flexibility index (Phi) is 4.56. The number of hydrogen-bond acceptors (Lipinski definition) is 4. The second-order valence-corrected chi connectivity index (χ2v) is 3.11. The van der Waals surface area contributed by atoms with Crippen LogP contribution in [0.1, 0.15) is 16.8 Å². The van der Waals surface area contributed by atoms with E-state index in [-0.39, 0.29) is 17.2 Å². The topological polar surface area (TPSA) is 74.2 Å². The molecule has 0 saturated heterocycles. The zero-order valence-electron chi connectivity index (χ0n) is 8.66. The number of carbonyl (C=O) groups excluding carboxylic acids is 1. The Morgan fingerprint density at radius 3 is 3.00 bits per heavy atom. The minimum Gasteiger partial charge on any atom is -0.505 e. The van der Waals surface area contributed by atoms with E-state index in [1.165, 1.54) is 18.5 Å². The SMILES string of the molecule is CNCCCNC(=O)c1ccncc1O. The molecule has 0 unspecified atom stereocenters. The monoisotopic (exact) mass is 209 g/mol. The molecular weight excluding hydrogens is 194 g/mol. The molecule has 0 fully saturated rings. The van der Waals surface area contributed by atoms with Crippen LogP contribution in [-0.4, -0.2) is 36.1 Å². The van der Waals surface area contributed by atoms with Crippen LogP contribution in [0.15, 0.2) is 18.5 Å². The highest BCUT2D eigenvalue weighted by molar-refractivity contribution is 5.96. The molecule has 82 valence electrons. The summed E-state index contributed by atoms with van der Waals surface area (Å²) in [6.07, 6.45) is 3.58. The lowest BCUT2D eigenvalue weighted by atomic mass is 10.2. The second-order valence-electron chi connectivity index (χ2n) is 3.11. The van der Waals surface area contributed by atoms with E-state index < -0.39 is 0 Å². The molecule has 0 radical (unpaired) electrons. The first-order chi connectivity index (χ1) is 7.25. The zero-order chi connectivity index (χ0) is 11.1. The van der Waals surface area contributed by atoms with Gasteiger partial charge in [0.15, 0.2) is 0 Å². The lowest BCUT2D eigenvalue weighted by Crippen LogP contribution is -2.26. The fourth-order valence-electron chi connectivity index (χ4n) is 1.14. The molecule has 0 aromatic carbocycles. The minimum absolute atomic E-state index is 0.0939. The molecule has 1 aromatic heterocycles. The van der Waals surface area contributed by atoms with Gasteiger partial charge in [-0.15, -0.1) is 0 Å². The van der Waals surface area contributed by atoms with Gasteiger partial charge in [-0.2, -0.15) is 0 Å². The van der Waals surface area contributed by atoms with Gasteiger partial charge in [0.25, 0.3) is 5.91 Å². The van der Waals surface area contributed by atoms with E-state index in [4.69, 9.17) is 0 Å². The molecule has 3 N–H and O–H groups in total. The summed E-state index contributed by atoms with van der Waals surface area (Å²) in [5, 5.41) is 15.0. The number of nitrogens with one attached hydrogen (secondary N) is 2. The molecule has 0 spiro atoms. The van der Waals surface area contributed by atoms with Gasteiger partial charge in [-0.25, -0.2) is 0 Å². The van der Waals surface area contributed by atoms with Crippen molar-refractivity contribution >= 4 is 5.91 Å². The number of rotatable bonds is 5. The average molecular weight is 209 g/mol. The molecule has 0 aliphatic rings. The Hall–Kier alpha value is -1.62. The molecule has 0 saturated carbocycles. The van der Waals surface area contributed by atoms with Crippen molar-refractivity contribution in [1.29, 1.82) is 0 Å². The Labute approximate surface area is 88.5 Å². The van der Waals surface area contributed by atoms with Crippen molar-refractivity contribution in [2.45, 2.75) is 6.42 Å². The highest BCUT2D eigenvalue weighted by Crippen LogP contribution is 2.12. The Balaban J connectivity index is 2.44. The van der Waals surface area contributed by atoms with Gasteiger partial charge in [-0.1, -0.05) is 0 Å². The van der Waals surface area contributed by atoms with E-state index in [1.54, 1.807) is 0 Å². The third-order valence-electron chi connectivity index (χ3n) is 1.93. The van der Waals surface area contributed by atoms with Crippen molar-refractivity contribution in [3.05, 3.63) is 24.0 Å². The van der Waals surface area contributed by atoms with Crippen molar-refractivity contribution < 1.29 is 9.90 Å². The summed E-state index contributed by atoms with van der Waals surface area (Å²) in [6.45, 7) is 1.43. The summed E-state index contributed by atoms with van der Waals surface area (Å²) >= 11 is 0. The third-order valence-corrected chi connectivity index (χ3v) is 1.93. The molecule has 0 aliphatic heterocycles. The fraction of sp³-hybridized carbons (Fsp3) is 0.400. The summed E-state index contributed by atoms with van der Waals surface area (Å²) in [7, 11) is 1.86. The maximum Gasteiger partial charge on any atom is 0.255 e. The molecule has 1 amide bonds. The summed E-state index contributed by atoms with van der Waals surface area (Å²) < 4.78 is 0. The third kappa shape index (κ3) is 3.55. The molecule has 0 aliphatic carbocycles. The van der Waals surface area contributed by atoms with Crippen LogP contribution in [0, 0.1) is 0 Å². The van der Waals surface area contributed by atoms with Gasteiger partial charge in [0.2, 0.25) is 0 Å². The largest absolute Gasteiger partial charge is 0.505 e. The van der Waals surface area contributed by atoms with Crippen LogP contribution < -0.4 is 10.6 Å². The van der Waals surface area contributed by atoms with Crippen LogP contribution in [0.4, 0.5) is 0 Å². The first-order valence-electron chi connectivity index (χ1n) is 4.81. The quantitative estimate of drug-likeness (QED) is 0.602.